The Balaban J connectivity index is 2.12. The molecule has 4 atom stereocenters. The normalized spacial score (nSPS) is 30.4. The summed E-state index contributed by atoms with van der Waals surface area (Å²) in [6.07, 6.45) is 5.76. The Morgan fingerprint density at radius 3 is 2.67 bits per heavy atom. The maximum Gasteiger partial charge on any atom is 0.326 e. The van der Waals surface area contributed by atoms with Gasteiger partial charge in [0.15, 0.2) is 0 Å². The summed E-state index contributed by atoms with van der Waals surface area (Å²) in [4.78, 5) is 25.7. The molecular weight excluding hydrogens is 272 g/mol. The molecule has 4 unspecified atom stereocenters. The van der Waals surface area contributed by atoms with Crippen molar-refractivity contribution in [3.8, 4) is 0 Å². The minimum Gasteiger partial charge on any atom is -0.480 e. The average molecular weight is 298 g/mol. The molecule has 0 aromatic heterocycles. The van der Waals surface area contributed by atoms with Crippen LogP contribution in [0.2, 0.25) is 0 Å². The lowest BCUT2D eigenvalue weighted by atomic mass is 9.76. The van der Waals surface area contributed by atoms with Crippen molar-refractivity contribution in [1.82, 2.24) is 10.2 Å². The molecule has 0 radical (unpaired) electrons. The second-order valence-corrected chi connectivity index (χ2v) is 6.26. The van der Waals surface area contributed by atoms with E-state index in [1.165, 1.54) is 6.42 Å². The van der Waals surface area contributed by atoms with Crippen molar-refractivity contribution in [3.63, 3.8) is 0 Å². The zero-order chi connectivity index (χ0) is 15.4. The van der Waals surface area contributed by atoms with Crippen LogP contribution in [-0.2, 0) is 9.53 Å². The van der Waals surface area contributed by atoms with Gasteiger partial charge in [0.1, 0.15) is 6.04 Å². The quantitative estimate of drug-likeness (QED) is 0.830. The van der Waals surface area contributed by atoms with Crippen LogP contribution in [-0.4, -0.2) is 53.8 Å². The molecule has 0 bridgehead atoms. The fourth-order valence-corrected chi connectivity index (χ4v) is 3.74. The molecular formula is C15H26N2O4. The number of methoxy groups -OCH3 is 1. The van der Waals surface area contributed by atoms with Gasteiger partial charge in [-0.1, -0.05) is 12.8 Å². The molecule has 2 amide bonds. The molecule has 1 heterocycles. The summed E-state index contributed by atoms with van der Waals surface area (Å²) in [5.41, 5.74) is 0. The molecule has 0 aromatic rings. The van der Waals surface area contributed by atoms with Crippen LogP contribution in [0.4, 0.5) is 4.79 Å². The van der Waals surface area contributed by atoms with E-state index in [1.54, 1.807) is 12.0 Å². The zero-order valence-corrected chi connectivity index (χ0v) is 12.9. The lowest BCUT2D eigenvalue weighted by Crippen LogP contribution is -2.61. The lowest BCUT2D eigenvalue weighted by molar-refractivity contribution is -0.145. The number of piperidine rings is 1. The summed E-state index contributed by atoms with van der Waals surface area (Å²) in [6, 6.07) is -1.01. The SMILES string of the molecule is COCC(C)NC(=O)N1C(C(=O)O)CCC2CCCCC21. The predicted molar refractivity (Wildman–Crippen MR) is 78.1 cm³/mol. The number of hydrogen-bond donors (Lipinski definition) is 2. The monoisotopic (exact) mass is 298 g/mol. The number of aliphatic carboxylic acids is 1. The Kier molecular flexibility index (Phi) is 5.45. The molecule has 1 saturated heterocycles. The summed E-state index contributed by atoms with van der Waals surface area (Å²) in [5.74, 6) is -0.439. The van der Waals surface area contributed by atoms with Crippen molar-refractivity contribution in [2.75, 3.05) is 13.7 Å². The first-order chi connectivity index (χ1) is 10.0. The van der Waals surface area contributed by atoms with E-state index in [0.717, 1.165) is 25.7 Å². The Morgan fingerprint density at radius 2 is 2.00 bits per heavy atom. The van der Waals surface area contributed by atoms with Gasteiger partial charge in [0.05, 0.1) is 12.6 Å². The van der Waals surface area contributed by atoms with Crippen LogP contribution in [0.1, 0.15) is 45.4 Å². The van der Waals surface area contributed by atoms with Crippen molar-refractivity contribution in [3.05, 3.63) is 0 Å². The minimum absolute atomic E-state index is 0.0725. The molecule has 0 spiro atoms. The lowest BCUT2D eigenvalue weighted by Gasteiger charge is -2.47. The molecule has 2 N–H and O–H groups in total. The number of carbonyl (C=O) groups excluding carboxylic acids is 1. The molecule has 2 aliphatic rings. The number of ether oxygens (including phenoxy) is 1. The standard InChI is InChI=1S/C15H26N2O4/c1-10(9-21-2)16-15(20)17-12-6-4-3-5-11(12)7-8-13(17)14(18)19/h10-13H,3-9H2,1-2H3,(H,16,20)(H,18,19). The predicted octanol–water partition coefficient (Wildman–Crippen LogP) is 1.84. The average Bonchev–Trinajstić information content (AvgIpc) is 2.45. The van der Waals surface area contributed by atoms with E-state index in [-0.39, 0.29) is 18.1 Å². The molecule has 6 heteroatoms. The fraction of sp³-hybridized carbons (Fsp3) is 0.867. The van der Waals surface area contributed by atoms with E-state index in [0.29, 0.717) is 18.9 Å². The number of likely N-dealkylation sites (tertiary alicyclic amines) is 1. The number of carboxylic acid groups (broad SMARTS) is 1. The maximum absolute atomic E-state index is 12.5. The van der Waals surface area contributed by atoms with Crippen LogP contribution in [0.15, 0.2) is 0 Å². The second-order valence-electron chi connectivity index (χ2n) is 6.26. The molecule has 1 aliphatic carbocycles. The number of fused-ring (bicyclic) bond motifs is 1. The van der Waals surface area contributed by atoms with E-state index < -0.39 is 12.0 Å². The highest BCUT2D eigenvalue weighted by atomic mass is 16.5. The third-order valence-corrected chi connectivity index (χ3v) is 4.68. The van der Waals surface area contributed by atoms with Crippen molar-refractivity contribution in [1.29, 1.82) is 0 Å². The molecule has 0 aromatic carbocycles. The third kappa shape index (κ3) is 3.67. The topological polar surface area (TPSA) is 78.9 Å². The Hall–Kier alpha value is -1.30. The van der Waals surface area contributed by atoms with Crippen LogP contribution in [0.25, 0.3) is 0 Å². The van der Waals surface area contributed by atoms with Crippen LogP contribution in [0.5, 0.6) is 0 Å². The minimum atomic E-state index is -0.895. The fourth-order valence-electron chi connectivity index (χ4n) is 3.74. The van der Waals surface area contributed by atoms with E-state index in [1.807, 2.05) is 6.92 Å². The highest BCUT2D eigenvalue weighted by molar-refractivity contribution is 5.83. The smallest absolute Gasteiger partial charge is 0.326 e. The summed E-state index contributed by atoms with van der Waals surface area (Å²) >= 11 is 0. The number of carbonyl (C=O) groups is 2. The van der Waals surface area contributed by atoms with Crippen LogP contribution in [0, 0.1) is 5.92 Å². The van der Waals surface area contributed by atoms with Gasteiger partial charge in [0.2, 0.25) is 0 Å². The van der Waals surface area contributed by atoms with Crippen molar-refractivity contribution >= 4 is 12.0 Å². The van der Waals surface area contributed by atoms with E-state index in [2.05, 4.69) is 5.32 Å². The summed E-state index contributed by atoms with van der Waals surface area (Å²) in [7, 11) is 1.58. The third-order valence-electron chi connectivity index (χ3n) is 4.68. The van der Waals surface area contributed by atoms with Gasteiger partial charge in [-0.05, 0) is 38.5 Å². The van der Waals surface area contributed by atoms with Crippen molar-refractivity contribution < 1.29 is 19.4 Å². The van der Waals surface area contributed by atoms with Gasteiger partial charge in [-0.3, -0.25) is 0 Å². The van der Waals surface area contributed by atoms with Gasteiger partial charge in [0.25, 0.3) is 0 Å². The Morgan fingerprint density at radius 1 is 1.29 bits per heavy atom. The number of hydrogen-bond acceptors (Lipinski definition) is 3. The molecule has 2 fully saturated rings. The molecule has 6 nitrogen and oxygen atoms in total. The summed E-state index contributed by atoms with van der Waals surface area (Å²) in [6.45, 7) is 2.28. The van der Waals surface area contributed by atoms with Crippen molar-refractivity contribution in [2.24, 2.45) is 5.92 Å². The number of nitrogens with zero attached hydrogens (tertiary/aromatic N) is 1. The zero-order valence-electron chi connectivity index (χ0n) is 12.9. The van der Waals surface area contributed by atoms with Gasteiger partial charge in [-0.2, -0.15) is 0 Å². The molecule has 2 rings (SSSR count). The molecule has 120 valence electrons. The van der Waals surface area contributed by atoms with Crippen molar-refractivity contribution in [2.45, 2.75) is 63.6 Å². The summed E-state index contributed by atoms with van der Waals surface area (Å²) < 4.78 is 5.02. The summed E-state index contributed by atoms with van der Waals surface area (Å²) in [5, 5.41) is 12.3. The maximum atomic E-state index is 12.5. The van der Waals surface area contributed by atoms with Gasteiger partial charge in [-0.25, -0.2) is 9.59 Å². The van der Waals surface area contributed by atoms with Crippen LogP contribution >= 0.6 is 0 Å². The molecule has 21 heavy (non-hydrogen) atoms. The highest BCUT2D eigenvalue weighted by Gasteiger charge is 2.43. The van der Waals surface area contributed by atoms with Gasteiger partial charge in [0, 0.05) is 13.2 Å². The van der Waals surface area contributed by atoms with Gasteiger partial charge in [-0.15, -0.1) is 0 Å². The number of urea groups is 1. The molecule has 1 saturated carbocycles. The number of carboxylic acids is 1. The van der Waals surface area contributed by atoms with Gasteiger partial charge < -0.3 is 20.1 Å². The first kappa shape index (κ1) is 16.1. The Labute approximate surface area is 125 Å². The van der Waals surface area contributed by atoms with E-state index in [4.69, 9.17) is 4.74 Å². The number of nitrogens with one attached hydrogen (secondary N) is 1. The first-order valence-corrected chi connectivity index (χ1v) is 7.85. The highest BCUT2D eigenvalue weighted by Crippen LogP contribution is 2.37. The largest absolute Gasteiger partial charge is 0.480 e. The second kappa shape index (κ2) is 7.11. The Bertz CT molecular complexity index is 388. The van der Waals surface area contributed by atoms with E-state index >= 15 is 0 Å². The molecule has 1 aliphatic heterocycles. The van der Waals surface area contributed by atoms with Crippen LogP contribution in [0.3, 0.4) is 0 Å². The van der Waals surface area contributed by atoms with Gasteiger partial charge >= 0.3 is 12.0 Å². The number of rotatable bonds is 4. The number of amides is 2. The van der Waals surface area contributed by atoms with Crippen LogP contribution < -0.4 is 5.32 Å². The first-order valence-electron chi connectivity index (χ1n) is 7.85. The van der Waals surface area contributed by atoms with E-state index in [9.17, 15) is 14.7 Å².